The zero-order valence-electron chi connectivity index (χ0n) is 9.57. The summed E-state index contributed by atoms with van der Waals surface area (Å²) in [6.45, 7) is 5.89. The van der Waals surface area contributed by atoms with Crippen molar-refractivity contribution in [3.05, 3.63) is 0 Å². The van der Waals surface area contributed by atoms with Gasteiger partial charge in [-0.3, -0.25) is 0 Å². The molecule has 1 rings (SSSR count). The summed E-state index contributed by atoms with van der Waals surface area (Å²) in [5.74, 6) is 0. The van der Waals surface area contributed by atoms with Crippen LogP contribution in [-0.4, -0.2) is 69.4 Å². The lowest BCUT2D eigenvalue weighted by Gasteiger charge is -2.32. The Hall–Kier alpha value is -0.810. The average Bonchev–Trinajstić information content (AvgIpc) is 2.26. The molecule has 0 radical (unpaired) electrons. The third kappa shape index (κ3) is 4.99. The number of carbonyl (C=O) groups excluding carboxylic acids is 1. The van der Waals surface area contributed by atoms with Crippen molar-refractivity contribution < 1.29 is 14.3 Å². The van der Waals surface area contributed by atoms with Gasteiger partial charge in [0.2, 0.25) is 0 Å². The van der Waals surface area contributed by atoms with Crippen LogP contribution in [0.4, 0.5) is 4.79 Å². The summed E-state index contributed by atoms with van der Waals surface area (Å²) in [4.78, 5) is 15.4. The Balaban J connectivity index is 1.98. The van der Waals surface area contributed by atoms with Crippen molar-refractivity contribution in [1.82, 2.24) is 9.80 Å². The van der Waals surface area contributed by atoms with Crippen LogP contribution in [-0.2, 0) is 9.47 Å². The van der Waals surface area contributed by atoms with Crippen LogP contribution < -0.4 is 0 Å². The minimum atomic E-state index is -0.589. The summed E-state index contributed by atoms with van der Waals surface area (Å²) in [7, 11) is 3.46. The summed E-state index contributed by atoms with van der Waals surface area (Å²) < 4.78 is 9.18. The smallest absolute Gasteiger partial charge is 0.438 e. The van der Waals surface area contributed by atoms with Crippen molar-refractivity contribution in [1.29, 1.82) is 0 Å². The van der Waals surface area contributed by atoms with Gasteiger partial charge in [0, 0.05) is 32.7 Å². The Labute approximate surface area is 90.9 Å². The van der Waals surface area contributed by atoms with E-state index in [1.165, 1.54) is 7.11 Å². The highest BCUT2D eigenvalue weighted by Crippen LogP contribution is 2.00. The SMILES string of the molecule is COC(=O)OCCCN1CCN(C)CC1. The number of likely N-dealkylation sites (N-methyl/N-ethyl adjacent to an activating group) is 1. The fraction of sp³-hybridized carbons (Fsp3) is 0.900. The molecule has 1 fully saturated rings. The van der Waals surface area contributed by atoms with Crippen molar-refractivity contribution in [2.75, 3.05) is 53.5 Å². The van der Waals surface area contributed by atoms with Crippen LogP contribution in [0.25, 0.3) is 0 Å². The molecule has 88 valence electrons. The van der Waals surface area contributed by atoms with Crippen molar-refractivity contribution in [2.24, 2.45) is 0 Å². The first-order chi connectivity index (χ1) is 7.22. The minimum absolute atomic E-state index is 0.443. The van der Waals surface area contributed by atoms with Gasteiger partial charge < -0.3 is 19.3 Å². The Morgan fingerprint density at radius 3 is 2.53 bits per heavy atom. The van der Waals surface area contributed by atoms with Crippen LogP contribution in [0.1, 0.15) is 6.42 Å². The maximum atomic E-state index is 10.6. The molecular formula is C10H20N2O3. The van der Waals surface area contributed by atoms with Gasteiger partial charge in [-0.15, -0.1) is 0 Å². The van der Waals surface area contributed by atoms with Crippen molar-refractivity contribution in [2.45, 2.75) is 6.42 Å². The van der Waals surface area contributed by atoms with E-state index in [9.17, 15) is 4.79 Å². The van der Waals surface area contributed by atoms with E-state index in [-0.39, 0.29) is 0 Å². The maximum absolute atomic E-state index is 10.6. The molecule has 0 aliphatic carbocycles. The van der Waals surface area contributed by atoms with Gasteiger partial charge in [0.1, 0.15) is 0 Å². The molecule has 0 aromatic heterocycles. The molecule has 0 saturated carbocycles. The van der Waals surface area contributed by atoms with Crippen molar-refractivity contribution >= 4 is 6.16 Å². The van der Waals surface area contributed by atoms with Gasteiger partial charge in [0.05, 0.1) is 13.7 Å². The number of ether oxygens (including phenoxy) is 2. The normalized spacial score (nSPS) is 18.8. The summed E-state index contributed by atoms with van der Waals surface area (Å²) in [6.07, 6.45) is 0.284. The molecule has 5 heteroatoms. The molecule has 1 aliphatic rings. The van der Waals surface area contributed by atoms with Gasteiger partial charge in [-0.2, -0.15) is 0 Å². The van der Waals surface area contributed by atoms with Crippen LogP contribution in [0.5, 0.6) is 0 Å². The predicted octanol–water partition coefficient (Wildman–Crippen LogP) is 0.407. The number of carbonyl (C=O) groups is 1. The molecule has 0 atom stereocenters. The molecule has 1 heterocycles. The number of hydrogen-bond donors (Lipinski definition) is 0. The van der Waals surface area contributed by atoms with Gasteiger partial charge in [0.25, 0.3) is 0 Å². The fourth-order valence-electron chi connectivity index (χ4n) is 1.57. The van der Waals surface area contributed by atoms with Gasteiger partial charge in [-0.25, -0.2) is 4.79 Å². The molecule has 0 bridgehead atoms. The van der Waals surface area contributed by atoms with E-state index >= 15 is 0 Å². The fourth-order valence-corrected chi connectivity index (χ4v) is 1.57. The van der Waals surface area contributed by atoms with Gasteiger partial charge >= 0.3 is 6.16 Å². The standard InChI is InChI=1S/C10H20N2O3/c1-11-5-7-12(8-6-11)4-3-9-15-10(13)14-2/h3-9H2,1-2H3. The lowest BCUT2D eigenvalue weighted by Crippen LogP contribution is -2.44. The molecule has 0 spiro atoms. The quantitative estimate of drug-likeness (QED) is 0.503. The second-order valence-electron chi connectivity index (χ2n) is 3.80. The van der Waals surface area contributed by atoms with Gasteiger partial charge in [-0.1, -0.05) is 0 Å². The Morgan fingerprint density at radius 2 is 1.93 bits per heavy atom. The van der Waals surface area contributed by atoms with E-state index in [2.05, 4.69) is 21.6 Å². The Kier molecular flexibility index (Phi) is 5.42. The number of nitrogens with zero attached hydrogens (tertiary/aromatic N) is 2. The molecule has 0 aromatic rings. The molecule has 0 unspecified atom stereocenters. The molecule has 5 nitrogen and oxygen atoms in total. The van der Waals surface area contributed by atoms with Crippen LogP contribution >= 0.6 is 0 Å². The molecule has 1 aliphatic heterocycles. The van der Waals surface area contributed by atoms with Crippen molar-refractivity contribution in [3.8, 4) is 0 Å². The first kappa shape index (κ1) is 12.3. The van der Waals surface area contributed by atoms with Crippen molar-refractivity contribution in [3.63, 3.8) is 0 Å². The van der Waals surface area contributed by atoms with E-state index in [1.807, 2.05) is 0 Å². The number of rotatable bonds is 4. The van der Waals surface area contributed by atoms with Crippen LogP contribution in [0.3, 0.4) is 0 Å². The lowest BCUT2D eigenvalue weighted by molar-refractivity contribution is 0.0668. The summed E-state index contributed by atoms with van der Waals surface area (Å²) in [6, 6.07) is 0. The van der Waals surface area contributed by atoms with E-state index in [1.54, 1.807) is 0 Å². The molecule has 0 amide bonds. The molecule has 15 heavy (non-hydrogen) atoms. The third-order valence-corrected chi connectivity index (χ3v) is 2.60. The number of hydrogen-bond acceptors (Lipinski definition) is 5. The topological polar surface area (TPSA) is 42.0 Å². The van der Waals surface area contributed by atoms with Crippen LogP contribution in [0.15, 0.2) is 0 Å². The minimum Gasteiger partial charge on any atom is -0.438 e. The Morgan fingerprint density at radius 1 is 1.27 bits per heavy atom. The molecular weight excluding hydrogens is 196 g/mol. The van der Waals surface area contributed by atoms with Gasteiger partial charge in [0.15, 0.2) is 0 Å². The van der Waals surface area contributed by atoms with E-state index in [4.69, 9.17) is 4.74 Å². The number of methoxy groups -OCH3 is 1. The van der Waals surface area contributed by atoms with Crippen LogP contribution in [0, 0.1) is 0 Å². The second-order valence-corrected chi connectivity index (χ2v) is 3.80. The summed E-state index contributed by atoms with van der Waals surface area (Å²) in [5.41, 5.74) is 0. The zero-order chi connectivity index (χ0) is 11.1. The molecule has 1 saturated heterocycles. The summed E-state index contributed by atoms with van der Waals surface area (Å²) >= 11 is 0. The second kappa shape index (κ2) is 6.63. The summed E-state index contributed by atoms with van der Waals surface area (Å²) in [5, 5.41) is 0. The highest BCUT2D eigenvalue weighted by molar-refractivity contribution is 5.59. The van der Waals surface area contributed by atoms with Gasteiger partial charge in [-0.05, 0) is 13.5 Å². The molecule has 0 aromatic carbocycles. The lowest BCUT2D eigenvalue weighted by atomic mass is 10.3. The van der Waals surface area contributed by atoms with E-state index < -0.39 is 6.16 Å². The first-order valence-corrected chi connectivity index (χ1v) is 5.34. The monoisotopic (exact) mass is 216 g/mol. The highest BCUT2D eigenvalue weighted by atomic mass is 16.7. The molecule has 0 N–H and O–H groups in total. The largest absolute Gasteiger partial charge is 0.507 e. The average molecular weight is 216 g/mol. The Bertz CT molecular complexity index is 191. The highest BCUT2D eigenvalue weighted by Gasteiger charge is 2.12. The number of piperazine rings is 1. The van der Waals surface area contributed by atoms with E-state index in [0.29, 0.717) is 6.61 Å². The maximum Gasteiger partial charge on any atom is 0.507 e. The first-order valence-electron chi connectivity index (χ1n) is 5.34. The van der Waals surface area contributed by atoms with E-state index in [0.717, 1.165) is 39.1 Å². The van der Waals surface area contributed by atoms with Crippen LogP contribution in [0.2, 0.25) is 0 Å². The zero-order valence-corrected chi connectivity index (χ0v) is 9.57. The predicted molar refractivity (Wildman–Crippen MR) is 56.9 cm³/mol. The third-order valence-electron chi connectivity index (χ3n) is 2.60.